The zero-order valence-corrected chi connectivity index (χ0v) is 12.8. The number of amides is 1. The number of carbonyl (C=O) groups excluding carboxylic acids is 1. The van der Waals surface area contributed by atoms with Gasteiger partial charge in [0, 0.05) is 38.3 Å². The minimum atomic E-state index is -0.341. The highest BCUT2D eigenvalue weighted by atomic mass is 16.3. The molecule has 1 aliphatic heterocycles. The van der Waals surface area contributed by atoms with E-state index in [0.29, 0.717) is 25.2 Å². The average Bonchev–Trinajstić information content (AvgIpc) is 2.53. The van der Waals surface area contributed by atoms with Crippen LogP contribution in [0.25, 0.3) is 0 Å². The van der Waals surface area contributed by atoms with Crippen LogP contribution in [0, 0.1) is 0 Å². The maximum Gasteiger partial charge on any atom is 0.254 e. The summed E-state index contributed by atoms with van der Waals surface area (Å²) in [7, 11) is 0. The Balaban J connectivity index is 1.81. The molecule has 1 heterocycles. The van der Waals surface area contributed by atoms with E-state index in [4.69, 9.17) is 0 Å². The molecule has 1 aromatic rings. The van der Waals surface area contributed by atoms with Crippen LogP contribution in [0.15, 0.2) is 36.9 Å². The summed E-state index contributed by atoms with van der Waals surface area (Å²) in [6.45, 7) is 7.10. The number of rotatable bonds is 6. The number of phenols is 1. The first kappa shape index (κ1) is 16.5. The van der Waals surface area contributed by atoms with Gasteiger partial charge < -0.3 is 15.1 Å². The first-order chi connectivity index (χ1) is 10.6. The molecule has 2 rings (SSSR count). The van der Waals surface area contributed by atoms with E-state index in [2.05, 4.69) is 11.5 Å². The molecule has 0 aromatic heterocycles. The summed E-state index contributed by atoms with van der Waals surface area (Å²) in [6.07, 6.45) is 3.02. The van der Waals surface area contributed by atoms with Crippen molar-refractivity contribution in [2.45, 2.75) is 18.9 Å². The van der Waals surface area contributed by atoms with Crippen LogP contribution in [0.2, 0.25) is 0 Å². The predicted molar refractivity (Wildman–Crippen MR) is 85.9 cm³/mol. The van der Waals surface area contributed by atoms with Gasteiger partial charge in [-0.05, 0) is 31.0 Å². The maximum atomic E-state index is 12.4. The fraction of sp³-hybridized carbons (Fsp3) is 0.471. The van der Waals surface area contributed by atoms with E-state index < -0.39 is 0 Å². The van der Waals surface area contributed by atoms with Gasteiger partial charge in [0.1, 0.15) is 5.75 Å². The zero-order chi connectivity index (χ0) is 15.9. The summed E-state index contributed by atoms with van der Waals surface area (Å²) in [5.41, 5.74) is 0.513. The number of hydrogen-bond acceptors (Lipinski definition) is 4. The van der Waals surface area contributed by atoms with E-state index in [1.54, 1.807) is 23.1 Å². The van der Waals surface area contributed by atoms with E-state index in [1.165, 1.54) is 6.07 Å². The van der Waals surface area contributed by atoms with Crippen LogP contribution in [-0.2, 0) is 0 Å². The number of β-amino-alcohol motifs (C(OH)–C–C–N with tert-alkyl or cyclic N) is 1. The number of phenolic OH excluding ortho intramolecular Hbond substituents is 1. The molecule has 5 nitrogen and oxygen atoms in total. The topological polar surface area (TPSA) is 64.0 Å². The Hall–Kier alpha value is -1.85. The van der Waals surface area contributed by atoms with Crippen LogP contribution in [0.4, 0.5) is 0 Å². The Labute approximate surface area is 131 Å². The molecular formula is C17H24N2O3. The van der Waals surface area contributed by atoms with Gasteiger partial charge in [0.25, 0.3) is 5.91 Å². The first-order valence-corrected chi connectivity index (χ1v) is 7.70. The van der Waals surface area contributed by atoms with Gasteiger partial charge in [-0.15, -0.1) is 6.58 Å². The molecular weight excluding hydrogens is 280 g/mol. The Morgan fingerprint density at radius 1 is 1.32 bits per heavy atom. The number of aliphatic hydroxyl groups is 1. The quantitative estimate of drug-likeness (QED) is 0.781. The van der Waals surface area contributed by atoms with E-state index in [1.807, 2.05) is 6.08 Å². The highest BCUT2D eigenvalue weighted by Crippen LogP contribution is 2.14. The van der Waals surface area contributed by atoms with Gasteiger partial charge in [0.2, 0.25) is 0 Å². The lowest BCUT2D eigenvalue weighted by atomic mass is 10.1. The van der Waals surface area contributed by atoms with Crippen molar-refractivity contribution in [1.29, 1.82) is 0 Å². The van der Waals surface area contributed by atoms with E-state index in [9.17, 15) is 15.0 Å². The Kier molecular flexibility index (Phi) is 5.98. The van der Waals surface area contributed by atoms with Crippen LogP contribution < -0.4 is 0 Å². The smallest absolute Gasteiger partial charge is 0.254 e. The van der Waals surface area contributed by atoms with Gasteiger partial charge in [-0.2, -0.15) is 0 Å². The lowest BCUT2D eigenvalue weighted by molar-refractivity contribution is 0.0517. The van der Waals surface area contributed by atoms with Crippen molar-refractivity contribution < 1.29 is 15.0 Å². The number of aliphatic hydroxyl groups excluding tert-OH is 1. The monoisotopic (exact) mass is 304 g/mol. The Bertz CT molecular complexity index is 510. The molecule has 120 valence electrons. The van der Waals surface area contributed by atoms with E-state index in [-0.39, 0.29) is 17.8 Å². The molecule has 1 saturated heterocycles. The van der Waals surface area contributed by atoms with Crippen molar-refractivity contribution in [1.82, 2.24) is 9.80 Å². The number of nitrogens with zero attached hydrogens (tertiary/aromatic N) is 2. The number of carbonyl (C=O) groups is 1. The standard InChI is InChI=1S/C17H24N2O3/c1-2-3-6-16(21)13-18-8-10-19(11-9-18)17(22)14-5-4-7-15(20)12-14/h2,4-5,7,12,16,20-21H,1,3,6,8-11,13H2. The van der Waals surface area contributed by atoms with Crippen molar-refractivity contribution in [2.24, 2.45) is 0 Å². The van der Waals surface area contributed by atoms with Crippen LogP contribution >= 0.6 is 0 Å². The first-order valence-electron chi connectivity index (χ1n) is 7.70. The fourth-order valence-corrected chi connectivity index (χ4v) is 2.65. The van der Waals surface area contributed by atoms with Crippen LogP contribution in [0.5, 0.6) is 5.75 Å². The molecule has 5 heteroatoms. The van der Waals surface area contributed by atoms with Gasteiger partial charge >= 0.3 is 0 Å². The zero-order valence-electron chi connectivity index (χ0n) is 12.8. The minimum Gasteiger partial charge on any atom is -0.508 e. The van der Waals surface area contributed by atoms with E-state index in [0.717, 1.165) is 25.9 Å². The van der Waals surface area contributed by atoms with Gasteiger partial charge in [-0.25, -0.2) is 0 Å². The number of benzene rings is 1. The maximum absolute atomic E-state index is 12.4. The van der Waals surface area contributed by atoms with Gasteiger partial charge in [0.15, 0.2) is 0 Å². The summed E-state index contributed by atoms with van der Waals surface area (Å²) in [4.78, 5) is 16.3. The van der Waals surface area contributed by atoms with Crippen molar-refractivity contribution in [3.63, 3.8) is 0 Å². The van der Waals surface area contributed by atoms with Crippen molar-refractivity contribution in [3.05, 3.63) is 42.5 Å². The number of piperazine rings is 1. The summed E-state index contributed by atoms with van der Waals surface area (Å²) in [6, 6.07) is 6.44. The molecule has 0 saturated carbocycles. The fourth-order valence-electron chi connectivity index (χ4n) is 2.65. The van der Waals surface area contributed by atoms with Gasteiger partial charge in [0.05, 0.1) is 6.10 Å². The molecule has 1 atom stereocenters. The minimum absolute atomic E-state index is 0.0530. The highest BCUT2D eigenvalue weighted by Gasteiger charge is 2.23. The predicted octanol–water partition coefficient (Wildman–Crippen LogP) is 1.48. The molecule has 1 fully saturated rings. The second-order valence-electron chi connectivity index (χ2n) is 5.66. The van der Waals surface area contributed by atoms with Crippen molar-refractivity contribution in [2.75, 3.05) is 32.7 Å². The lowest BCUT2D eigenvalue weighted by Crippen LogP contribution is -2.50. The van der Waals surface area contributed by atoms with Crippen molar-refractivity contribution >= 4 is 5.91 Å². The molecule has 1 unspecified atom stereocenters. The molecule has 0 spiro atoms. The average molecular weight is 304 g/mol. The molecule has 1 aliphatic rings. The summed E-state index contributed by atoms with van der Waals surface area (Å²) in [5.74, 6) is 0.0533. The third-order valence-electron chi connectivity index (χ3n) is 3.93. The normalized spacial score (nSPS) is 17.2. The summed E-state index contributed by atoms with van der Waals surface area (Å²) in [5, 5.41) is 19.4. The third kappa shape index (κ3) is 4.58. The molecule has 1 aromatic carbocycles. The van der Waals surface area contributed by atoms with Crippen LogP contribution in [-0.4, -0.2) is 64.7 Å². The number of hydrogen-bond donors (Lipinski definition) is 2. The lowest BCUT2D eigenvalue weighted by Gasteiger charge is -2.35. The number of aromatic hydroxyl groups is 1. The summed E-state index contributed by atoms with van der Waals surface area (Å²) < 4.78 is 0. The van der Waals surface area contributed by atoms with E-state index >= 15 is 0 Å². The molecule has 0 radical (unpaired) electrons. The van der Waals surface area contributed by atoms with Gasteiger partial charge in [-0.1, -0.05) is 12.1 Å². The van der Waals surface area contributed by atoms with Crippen LogP contribution in [0.1, 0.15) is 23.2 Å². The SMILES string of the molecule is C=CCCC(O)CN1CCN(C(=O)c2cccc(O)c2)CC1. The second-order valence-corrected chi connectivity index (χ2v) is 5.66. The third-order valence-corrected chi connectivity index (χ3v) is 3.93. The van der Waals surface area contributed by atoms with Crippen LogP contribution in [0.3, 0.4) is 0 Å². The highest BCUT2D eigenvalue weighted by molar-refractivity contribution is 5.94. The molecule has 0 bridgehead atoms. The Morgan fingerprint density at radius 3 is 2.68 bits per heavy atom. The molecule has 2 N–H and O–H groups in total. The molecule has 0 aliphatic carbocycles. The molecule has 1 amide bonds. The largest absolute Gasteiger partial charge is 0.508 e. The second kappa shape index (κ2) is 7.96. The Morgan fingerprint density at radius 2 is 2.05 bits per heavy atom. The van der Waals surface area contributed by atoms with Gasteiger partial charge in [-0.3, -0.25) is 9.69 Å². The number of allylic oxidation sites excluding steroid dienone is 1. The summed E-state index contributed by atoms with van der Waals surface area (Å²) >= 11 is 0. The van der Waals surface area contributed by atoms with Crippen molar-refractivity contribution in [3.8, 4) is 5.75 Å². The molecule has 22 heavy (non-hydrogen) atoms.